The fourth-order valence-electron chi connectivity index (χ4n) is 3.18. The second kappa shape index (κ2) is 11.5. The summed E-state index contributed by atoms with van der Waals surface area (Å²) in [5.41, 5.74) is 2.61. The van der Waals surface area contributed by atoms with Crippen molar-refractivity contribution in [2.24, 2.45) is 4.99 Å². The topological polar surface area (TPSA) is 41.9 Å². The number of amides is 1. The van der Waals surface area contributed by atoms with Crippen LogP contribution in [-0.4, -0.2) is 22.5 Å². The number of amidine groups is 1. The van der Waals surface area contributed by atoms with Gasteiger partial charge in [0.15, 0.2) is 5.17 Å². The fourth-order valence-corrected chi connectivity index (χ4v) is 6.64. The highest BCUT2D eigenvalue weighted by atomic mass is 127. The number of benzene rings is 3. The highest BCUT2D eigenvalue weighted by molar-refractivity contribution is 14.1. The Balaban J connectivity index is 1.55. The lowest BCUT2D eigenvalue weighted by molar-refractivity contribution is -0.122. The zero-order valence-corrected chi connectivity index (χ0v) is 24.6. The van der Waals surface area contributed by atoms with Crippen molar-refractivity contribution < 1.29 is 13.9 Å². The SMILES string of the molecule is CCN1C(=O)/C(=C\c2cc(I)c(OCc3ccc(Br)cc3)c(I)c2)SC1=Nc1ccc(F)cc1. The molecule has 3 aromatic carbocycles. The normalized spacial score (nSPS) is 16.0. The predicted octanol–water partition coefficient (Wildman–Crippen LogP) is 8.00. The van der Waals surface area contributed by atoms with Gasteiger partial charge in [0.25, 0.3) is 5.91 Å². The molecule has 0 aromatic heterocycles. The molecule has 1 aliphatic rings. The molecule has 0 atom stereocenters. The number of rotatable bonds is 6. The van der Waals surface area contributed by atoms with Crippen molar-refractivity contribution in [3.63, 3.8) is 0 Å². The van der Waals surface area contributed by atoms with Crippen LogP contribution in [-0.2, 0) is 11.4 Å². The summed E-state index contributed by atoms with van der Waals surface area (Å²) in [5.74, 6) is 0.417. The molecule has 1 amide bonds. The molecule has 3 aromatic rings. The molecule has 0 unspecified atom stereocenters. The van der Waals surface area contributed by atoms with Crippen molar-refractivity contribution in [2.75, 3.05) is 6.54 Å². The minimum Gasteiger partial charge on any atom is -0.487 e. The number of hydrogen-bond donors (Lipinski definition) is 0. The second-order valence-electron chi connectivity index (χ2n) is 7.26. The molecule has 0 bridgehead atoms. The molecule has 1 saturated heterocycles. The van der Waals surface area contributed by atoms with Gasteiger partial charge in [-0.1, -0.05) is 28.1 Å². The number of likely N-dealkylation sites (N-methyl/N-ethyl adjacent to an activating group) is 1. The van der Waals surface area contributed by atoms with Crippen molar-refractivity contribution in [1.82, 2.24) is 4.90 Å². The molecule has 1 fully saturated rings. The summed E-state index contributed by atoms with van der Waals surface area (Å²) in [7, 11) is 0. The van der Waals surface area contributed by atoms with E-state index in [1.165, 1.54) is 23.9 Å². The van der Waals surface area contributed by atoms with E-state index in [1.807, 2.05) is 49.4 Å². The van der Waals surface area contributed by atoms with Crippen LogP contribution < -0.4 is 4.74 Å². The van der Waals surface area contributed by atoms with E-state index >= 15 is 0 Å². The van der Waals surface area contributed by atoms with Crippen LogP contribution in [0.4, 0.5) is 10.1 Å². The minimum atomic E-state index is -0.319. The van der Waals surface area contributed by atoms with Crippen LogP contribution in [0.2, 0.25) is 0 Å². The number of carbonyl (C=O) groups excluding carboxylic acids is 1. The summed E-state index contributed by atoms with van der Waals surface area (Å²) in [6.45, 7) is 2.88. The number of aliphatic imine (C=N–C) groups is 1. The molecule has 4 rings (SSSR count). The zero-order valence-electron chi connectivity index (χ0n) is 17.9. The maximum absolute atomic E-state index is 13.2. The molecule has 9 heteroatoms. The molecule has 1 aliphatic heterocycles. The first-order valence-electron chi connectivity index (χ1n) is 10.3. The first-order chi connectivity index (χ1) is 16.3. The lowest BCUT2D eigenvalue weighted by atomic mass is 10.2. The van der Waals surface area contributed by atoms with Crippen molar-refractivity contribution >= 4 is 95.7 Å². The molecular formula is C25H18BrFI2N2O2S. The highest BCUT2D eigenvalue weighted by Gasteiger charge is 2.32. The summed E-state index contributed by atoms with van der Waals surface area (Å²) in [6, 6.07) is 18.0. The first kappa shape index (κ1) is 25.6. The fraction of sp³-hybridized carbons (Fsp3) is 0.120. The van der Waals surface area contributed by atoms with Crippen molar-refractivity contribution in [3.05, 3.63) is 94.1 Å². The Labute approximate surface area is 237 Å². The highest BCUT2D eigenvalue weighted by Crippen LogP contribution is 2.36. The summed E-state index contributed by atoms with van der Waals surface area (Å²) in [5, 5.41) is 0.587. The molecule has 0 radical (unpaired) electrons. The largest absolute Gasteiger partial charge is 0.487 e. The summed E-state index contributed by atoms with van der Waals surface area (Å²) in [6.07, 6.45) is 1.88. The second-order valence-corrected chi connectivity index (χ2v) is 11.5. The minimum absolute atomic E-state index is 0.0889. The third kappa shape index (κ3) is 6.21. The molecule has 0 saturated carbocycles. The van der Waals surface area contributed by atoms with Crippen LogP contribution in [0.25, 0.3) is 6.08 Å². The molecule has 0 aliphatic carbocycles. The molecule has 0 spiro atoms. The van der Waals surface area contributed by atoms with Crippen LogP contribution in [0.15, 0.2) is 75.0 Å². The molecule has 0 N–H and O–H groups in total. The van der Waals surface area contributed by atoms with E-state index in [4.69, 9.17) is 4.74 Å². The Morgan fingerprint density at radius 2 is 1.74 bits per heavy atom. The Morgan fingerprint density at radius 1 is 1.09 bits per heavy atom. The van der Waals surface area contributed by atoms with Crippen molar-refractivity contribution in [2.45, 2.75) is 13.5 Å². The third-order valence-corrected chi connectivity index (χ3v) is 8.01. The smallest absolute Gasteiger partial charge is 0.266 e. The molecule has 4 nitrogen and oxygen atoms in total. The van der Waals surface area contributed by atoms with Crippen LogP contribution in [0, 0.1) is 13.0 Å². The summed E-state index contributed by atoms with van der Waals surface area (Å²) >= 11 is 9.29. The van der Waals surface area contributed by atoms with Gasteiger partial charge >= 0.3 is 0 Å². The third-order valence-electron chi connectivity index (χ3n) is 4.87. The van der Waals surface area contributed by atoms with Crippen LogP contribution in [0.3, 0.4) is 0 Å². The maximum atomic E-state index is 13.2. The van der Waals surface area contributed by atoms with Gasteiger partial charge < -0.3 is 4.74 Å². The van der Waals surface area contributed by atoms with E-state index in [0.29, 0.717) is 28.9 Å². The lowest BCUT2D eigenvalue weighted by Crippen LogP contribution is -2.28. The van der Waals surface area contributed by atoms with Crippen molar-refractivity contribution in [1.29, 1.82) is 0 Å². The summed E-state index contributed by atoms with van der Waals surface area (Å²) in [4.78, 5) is 19.8. The van der Waals surface area contributed by atoms with Gasteiger partial charge in [0.05, 0.1) is 17.7 Å². The zero-order chi connectivity index (χ0) is 24.2. The Kier molecular flexibility index (Phi) is 8.70. The van der Waals surface area contributed by atoms with Gasteiger partial charge in [0, 0.05) is 11.0 Å². The van der Waals surface area contributed by atoms with Crippen LogP contribution in [0.5, 0.6) is 5.75 Å². The Hall–Kier alpha value is -1.44. The standard InChI is InChI=1S/C25H18BrFI2N2O2S/c1-2-31-24(32)22(34-25(31)30-19-9-7-18(27)8-10-19)13-16-11-20(28)23(21(29)12-16)33-14-15-3-5-17(26)6-4-15/h3-13H,2,14H2,1H3/b22-13+,30-25?. The molecule has 1 heterocycles. The number of ether oxygens (including phenoxy) is 1. The number of hydrogen-bond acceptors (Lipinski definition) is 4. The van der Waals surface area contributed by atoms with Crippen LogP contribution in [0.1, 0.15) is 18.1 Å². The van der Waals surface area contributed by atoms with E-state index in [0.717, 1.165) is 28.5 Å². The Bertz CT molecular complexity index is 1260. The average molecular weight is 763 g/mol. The molecular weight excluding hydrogens is 745 g/mol. The van der Waals surface area contributed by atoms with Gasteiger partial charge in [-0.2, -0.15) is 0 Å². The quantitative estimate of drug-likeness (QED) is 0.189. The number of nitrogens with zero attached hydrogens (tertiary/aromatic N) is 2. The van der Waals surface area contributed by atoms with Gasteiger partial charge in [-0.15, -0.1) is 0 Å². The van der Waals surface area contributed by atoms with E-state index in [9.17, 15) is 9.18 Å². The Morgan fingerprint density at radius 3 is 2.35 bits per heavy atom. The number of carbonyl (C=O) groups is 1. The van der Waals surface area contributed by atoms with Gasteiger partial charge in [0.2, 0.25) is 0 Å². The van der Waals surface area contributed by atoms with E-state index in [2.05, 4.69) is 66.1 Å². The van der Waals surface area contributed by atoms with Gasteiger partial charge in [-0.25, -0.2) is 9.38 Å². The van der Waals surface area contributed by atoms with E-state index < -0.39 is 0 Å². The molecule has 174 valence electrons. The van der Waals surface area contributed by atoms with E-state index in [1.54, 1.807) is 17.0 Å². The van der Waals surface area contributed by atoms with Crippen LogP contribution >= 0.6 is 72.9 Å². The average Bonchev–Trinajstić information content (AvgIpc) is 3.09. The van der Waals surface area contributed by atoms with Gasteiger partial charge in [-0.05, 0) is 130 Å². The monoisotopic (exact) mass is 762 g/mol. The predicted molar refractivity (Wildman–Crippen MR) is 157 cm³/mol. The van der Waals surface area contributed by atoms with Gasteiger partial charge in [0.1, 0.15) is 18.2 Å². The maximum Gasteiger partial charge on any atom is 0.266 e. The summed E-state index contributed by atoms with van der Waals surface area (Å²) < 4.78 is 22.3. The molecule has 34 heavy (non-hydrogen) atoms. The lowest BCUT2D eigenvalue weighted by Gasteiger charge is -2.12. The number of thioether (sulfide) groups is 1. The van der Waals surface area contributed by atoms with Crippen molar-refractivity contribution in [3.8, 4) is 5.75 Å². The number of halogens is 4. The first-order valence-corrected chi connectivity index (χ1v) is 14.0. The van der Waals surface area contributed by atoms with Gasteiger partial charge in [-0.3, -0.25) is 9.69 Å². The van der Waals surface area contributed by atoms with E-state index in [-0.39, 0.29) is 11.7 Å².